The molecule has 8 fully saturated rings. The SMILES string of the molecule is C=C(C)[C@@H]1CC[C@]2(C(=O)N3CCC[C@H]3c3nc(-c4ccccc4)cn3CCN3CCCC3)CC[C@]3(C)[C@H](CC[C@@]4(C)[C@@]3(C)CC[C@H]3C(C)(C)[C@@H](OC(=O)[C@H]5C[C@@H](C(=O)O)C5(C)C)CC[C@@]34C)[C@@H]12. The summed E-state index contributed by atoms with van der Waals surface area (Å²) in [4.78, 5) is 52.2. The molecule has 67 heavy (non-hydrogen) atoms. The maximum Gasteiger partial charge on any atom is 0.309 e. The fraction of sp³-hybridized carbons (Fsp3) is 0.759. The Kier molecular flexibility index (Phi) is 11.5. The minimum atomic E-state index is -0.816. The van der Waals surface area contributed by atoms with Crippen LogP contribution in [0.4, 0.5) is 0 Å². The highest BCUT2D eigenvalue weighted by molar-refractivity contribution is 5.85. The largest absolute Gasteiger partial charge is 0.481 e. The van der Waals surface area contributed by atoms with Crippen molar-refractivity contribution in [1.29, 1.82) is 0 Å². The lowest BCUT2D eigenvalue weighted by molar-refractivity contribution is -0.292. The van der Waals surface area contributed by atoms with Gasteiger partial charge in [0.2, 0.25) is 5.91 Å². The van der Waals surface area contributed by atoms with Gasteiger partial charge in [-0.2, -0.15) is 0 Å². The van der Waals surface area contributed by atoms with Crippen molar-refractivity contribution < 1.29 is 24.2 Å². The number of fused-ring (bicyclic) bond motifs is 7. The van der Waals surface area contributed by atoms with Crippen LogP contribution in [0.5, 0.6) is 0 Å². The van der Waals surface area contributed by atoms with Crippen molar-refractivity contribution in [2.24, 2.45) is 73.4 Å². The number of likely N-dealkylation sites (tertiary alicyclic amines) is 2. The first-order chi connectivity index (χ1) is 31.6. The van der Waals surface area contributed by atoms with Crippen LogP contribution >= 0.6 is 0 Å². The third kappa shape index (κ3) is 6.73. The fourth-order valence-electron chi connectivity index (χ4n) is 18.5. The van der Waals surface area contributed by atoms with E-state index in [0.717, 1.165) is 114 Å². The predicted octanol–water partition coefficient (Wildman–Crippen LogP) is 12.0. The summed E-state index contributed by atoms with van der Waals surface area (Å²) in [6.07, 6.45) is 17.4. The minimum absolute atomic E-state index is 0.0160. The Balaban J connectivity index is 0.928. The topological polar surface area (TPSA) is 105 Å². The zero-order valence-corrected chi connectivity index (χ0v) is 42.8. The van der Waals surface area contributed by atoms with Crippen molar-refractivity contribution in [3.05, 3.63) is 54.5 Å². The molecule has 0 radical (unpaired) electrons. The number of hydrogen-bond acceptors (Lipinski definition) is 6. The van der Waals surface area contributed by atoms with E-state index in [2.05, 4.69) is 99.4 Å². The summed E-state index contributed by atoms with van der Waals surface area (Å²) < 4.78 is 8.95. The molecule has 2 aliphatic heterocycles. The molecule has 1 aromatic carbocycles. The second-order valence-electron chi connectivity index (χ2n) is 25.9. The molecule has 1 N–H and O–H groups in total. The van der Waals surface area contributed by atoms with Crippen molar-refractivity contribution >= 4 is 17.8 Å². The number of rotatable bonds is 10. The third-order valence-corrected chi connectivity index (χ3v) is 23.1. The van der Waals surface area contributed by atoms with E-state index in [1.807, 2.05) is 13.8 Å². The smallest absolute Gasteiger partial charge is 0.309 e. The summed E-state index contributed by atoms with van der Waals surface area (Å²) in [5.74, 6) is 1.04. The second kappa shape index (κ2) is 16.3. The van der Waals surface area contributed by atoms with E-state index >= 15 is 4.79 Å². The van der Waals surface area contributed by atoms with Gasteiger partial charge in [-0.25, -0.2) is 4.98 Å². The van der Waals surface area contributed by atoms with Crippen LogP contribution in [0.15, 0.2) is 48.7 Å². The number of benzene rings is 1. The quantitative estimate of drug-likeness (QED) is 0.187. The van der Waals surface area contributed by atoms with Gasteiger partial charge in [-0.3, -0.25) is 14.4 Å². The number of esters is 1. The Hall–Kier alpha value is -3.46. The minimum Gasteiger partial charge on any atom is -0.481 e. The number of carboxylic acid groups (broad SMARTS) is 1. The summed E-state index contributed by atoms with van der Waals surface area (Å²) >= 11 is 0. The highest BCUT2D eigenvalue weighted by Gasteiger charge is 2.76. The number of carbonyl (C=O) groups is 3. The molecule has 2 aromatic rings. The van der Waals surface area contributed by atoms with Gasteiger partial charge in [0.25, 0.3) is 0 Å². The average Bonchev–Trinajstić information content (AvgIpc) is 4.12. The lowest BCUT2D eigenvalue weighted by atomic mass is 9.27. The number of ether oxygens (including phenoxy) is 1. The molecule has 0 unspecified atom stereocenters. The zero-order chi connectivity index (χ0) is 47.7. The van der Waals surface area contributed by atoms with Gasteiger partial charge in [0.05, 0.1) is 29.0 Å². The first-order valence-corrected chi connectivity index (χ1v) is 26.9. The van der Waals surface area contributed by atoms with E-state index in [1.165, 1.54) is 31.5 Å². The van der Waals surface area contributed by atoms with E-state index in [-0.39, 0.29) is 62.4 Å². The molecule has 8 aliphatic rings. The first-order valence-electron chi connectivity index (χ1n) is 26.9. The summed E-state index contributed by atoms with van der Waals surface area (Å²) in [6.45, 7) is 31.2. The highest BCUT2D eigenvalue weighted by Crippen LogP contribution is 2.82. The van der Waals surface area contributed by atoms with Crippen LogP contribution in [-0.2, 0) is 25.7 Å². The zero-order valence-electron chi connectivity index (χ0n) is 42.8. The molecule has 6 saturated carbocycles. The van der Waals surface area contributed by atoms with Crippen molar-refractivity contribution in [1.82, 2.24) is 19.4 Å². The van der Waals surface area contributed by atoms with Gasteiger partial charge in [0, 0.05) is 36.8 Å². The maximum absolute atomic E-state index is 16.1. The molecule has 3 heterocycles. The van der Waals surface area contributed by atoms with Crippen LogP contribution in [-0.4, -0.2) is 74.6 Å². The molecular formula is C58H84N4O5. The predicted molar refractivity (Wildman–Crippen MR) is 264 cm³/mol. The van der Waals surface area contributed by atoms with Crippen LogP contribution in [0.1, 0.15) is 170 Å². The highest BCUT2D eigenvalue weighted by atomic mass is 16.5. The van der Waals surface area contributed by atoms with Crippen LogP contribution in [0, 0.1) is 73.4 Å². The Morgan fingerprint density at radius 3 is 2.15 bits per heavy atom. The Bertz CT molecular complexity index is 2280. The number of allylic oxidation sites excluding steroid dienone is 1. The van der Waals surface area contributed by atoms with E-state index in [9.17, 15) is 14.7 Å². The average molecular weight is 917 g/mol. The normalized spacial score (nSPS) is 41.9. The Labute approximate surface area is 402 Å². The number of nitrogens with zero attached hydrogens (tertiary/aromatic N) is 4. The maximum atomic E-state index is 16.1. The van der Waals surface area contributed by atoms with Crippen molar-refractivity contribution in [2.45, 2.75) is 177 Å². The van der Waals surface area contributed by atoms with Crippen molar-refractivity contribution in [2.75, 3.05) is 26.2 Å². The molecule has 10 rings (SSSR count). The molecule has 9 nitrogen and oxygen atoms in total. The van der Waals surface area contributed by atoms with Gasteiger partial charge >= 0.3 is 11.9 Å². The molecule has 1 amide bonds. The third-order valence-electron chi connectivity index (χ3n) is 23.1. The van der Waals surface area contributed by atoms with E-state index < -0.39 is 17.3 Å². The van der Waals surface area contributed by atoms with Gasteiger partial charge in [-0.15, -0.1) is 0 Å². The van der Waals surface area contributed by atoms with E-state index in [4.69, 9.17) is 16.3 Å². The van der Waals surface area contributed by atoms with Gasteiger partial charge in [-0.1, -0.05) is 97.9 Å². The second-order valence-corrected chi connectivity index (χ2v) is 25.9. The fourth-order valence-corrected chi connectivity index (χ4v) is 18.5. The van der Waals surface area contributed by atoms with Gasteiger partial charge in [0.1, 0.15) is 11.9 Å². The molecule has 2 saturated heterocycles. The van der Waals surface area contributed by atoms with Crippen LogP contribution in [0.2, 0.25) is 0 Å². The summed E-state index contributed by atoms with van der Waals surface area (Å²) in [5.41, 5.74) is 2.45. The first kappa shape index (κ1) is 47.2. The number of carboxylic acids is 1. The van der Waals surface area contributed by atoms with Gasteiger partial charge < -0.3 is 24.2 Å². The van der Waals surface area contributed by atoms with Crippen LogP contribution < -0.4 is 0 Å². The molecule has 13 atom stereocenters. The molecule has 1 aromatic heterocycles. The molecule has 0 spiro atoms. The van der Waals surface area contributed by atoms with E-state index in [1.54, 1.807) is 0 Å². The van der Waals surface area contributed by atoms with Gasteiger partial charge in [0.15, 0.2) is 0 Å². The molecule has 366 valence electrons. The molecule has 6 aliphatic carbocycles. The summed E-state index contributed by atoms with van der Waals surface area (Å²) in [7, 11) is 0. The molecular weight excluding hydrogens is 833 g/mol. The lowest BCUT2D eigenvalue weighted by Crippen LogP contribution is -2.71. The van der Waals surface area contributed by atoms with Crippen molar-refractivity contribution in [3.63, 3.8) is 0 Å². The summed E-state index contributed by atoms with van der Waals surface area (Å²) in [5, 5.41) is 9.78. The van der Waals surface area contributed by atoms with Crippen LogP contribution in [0.25, 0.3) is 11.3 Å². The lowest BCUT2D eigenvalue weighted by Gasteiger charge is -2.77. The van der Waals surface area contributed by atoms with E-state index in [0.29, 0.717) is 30.1 Å². The van der Waals surface area contributed by atoms with Crippen molar-refractivity contribution in [3.8, 4) is 11.3 Å². The number of carbonyl (C=O) groups excluding carboxylic acids is 2. The number of imidazole rings is 1. The Morgan fingerprint density at radius 2 is 1.46 bits per heavy atom. The summed E-state index contributed by atoms with van der Waals surface area (Å²) in [6, 6.07) is 10.6. The molecule has 0 bridgehead atoms. The number of aromatic nitrogens is 2. The number of hydrogen-bond donors (Lipinski definition) is 1. The monoisotopic (exact) mass is 917 g/mol. The van der Waals surface area contributed by atoms with Gasteiger partial charge in [-0.05, 0) is 167 Å². The Morgan fingerprint density at radius 1 is 0.761 bits per heavy atom. The number of aliphatic carboxylic acids is 1. The number of amides is 1. The standard InChI is InChI=1S/C58H84N4O5/c1-37(2)39-20-27-58(51(66)62-32-16-19-44(62)48-59-43(38-17-12-11-13-18-38)36-61(48)34-33-60-30-14-15-31-60)29-28-54(7)40(47(39)58)21-25-57(10)55(8)24-23-46(53(5,6)45(55)22-26-56(54,57)9)67-50(65)42-35-41(49(63)64)52(42,3)4/h11-13,17-18,36,39-42,44-47H,1,14-16,19-35H2,2-10H3,(H,63,64)/t39-,40+,41-,42+,44-,45-,46-,47+,54+,55-,56-,57+,58-/m0/s1. The molecule has 9 heteroatoms. The van der Waals surface area contributed by atoms with Crippen LogP contribution in [0.3, 0.4) is 0 Å².